The summed E-state index contributed by atoms with van der Waals surface area (Å²) in [4.78, 5) is 11.6. The summed E-state index contributed by atoms with van der Waals surface area (Å²) in [7, 11) is 0. The van der Waals surface area contributed by atoms with Crippen molar-refractivity contribution in [3.8, 4) is 0 Å². The summed E-state index contributed by atoms with van der Waals surface area (Å²) in [5.41, 5.74) is 5.47. The molecule has 0 saturated heterocycles. The van der Waals surface area contributed by atoms with Gasteiger partial charge in [-0.3, -0.25) is 4.79 Å². The lowest BCUT2D eigenvalue weighted by molar-refractivity contribution is -0.124. The fourth-order valence-electron chi connectivity index (χ4n) is 2.27. The van der Waals surface area contributed by atoms with Crippen LogP contribution in [0.25, 0.3) is 0 Å². The SMILES string of the molecule is CC(CN)C(=O)NCC1CCCCCCC1.Cl. The Morgan fingerprint density at radius 2 is 1.76 bits per heavy atom. The third-order valence-electron chi connectivity index (χ3n) is 3.59. The van der Waals surface area contributed by atoms with Gasteiger partial charge in [-0.2, -0.15) is 0 Å². The monoisotopic (exact) mass is 262 g/mol. The van der Waals surface area contributed by atoms with Crippen LogP contribution < -0.4 is 11.1 Å². The van der Waals surface area contributed by atoms with Gasteiger partial charge in [0, 0.05) is 19.0 Å². The summed E-state index contributed by atoms with van der Waals surface area (Å²) in [6, 6.07) is 0. The van der Waals surface area contributed by atoms with Crippen molar-refractivity contribution in [2.24, 2.45) is 17.6 Å². The topological polar surface area (TPSA) is 55.1 Å². The maximum absolute atomic E-state index is 11.6. The molecule has 1 rings (SSSR count). The van der Waals surface area contributed by atoms with Crippen LogP contribution in [0.4, 0.5) is 0 Å². The molecule has 0 bridgehead atoms. The van der Waals surface area contributed by atoms with Crippen molar-refractivity contribution in [1.29, 1.82) is 0 Å². The molecule has 0 heterocycles. The fourth-order valence-corrected chi connectivity index (χ4v) is 2.27. The van der Waals surface area contributed by atoms with Gasteiger partial charge in [0.15, 0.2) is 0 Å². The zero-order chi connectivity index (χ0) is 11.8. The summed E-state index contributed by atoms with van der Waals surface area (Å²) in [5, 5.41) is 3.03. The van der Waals surface area contributed by atoms with E-state index in [1.54, 1.807) is 0 Å². The molecule has 0 aliphatic heterocycles. The van der Waals surface area contributed by atoms with Crippen LogP contribution in [0.15, 0.2) is 0 Å². The van der Waals surface area contributed by atoms with E-state index in [1.807, 2.05) is 6.92 Å². The summed E-state index contributed by atoms with van der Waals surface area (Å²) in [5.74, 6) is 0.757. The van der Waals surface area contributed by atoms with Crippen LogP contribution in [-0.4, -0.2) is 19.0 Å². The van der Waals surface area contributed by atoms with E-state index in [1.165, 1.54) is 44.9 Å². The van der Waals surface area contributed by atoms with Crippen LogP contribution in [0.3, 0.4) is 0 Å². The first-order valence-corrected chi connectivity index (χ1v) is 6.71. The van der Waals surface area contributed by atoms with Crippen LogP contribution in [0.5, 0.6) is 0 Å². The molecule has 1 unspecified atom stereocenters. The number of hydrogen-bond donors (Lipinski definition) is 2. The van der Waals surface area contributed by atoms with Crippen molar-refractivity contribution in [2.75, 3.05) is 13.1 Å². The number of carbonyl (C=O) groups excluding carboxylic acids is 1. The van der Waals surface area contributed by atoms with Crippen molar-refractivity contribution < 1.29 is 4.79 Å². The molecule has 3 N–H and O–H groups in total. The molecule has 1 aliphatic rings. The number of carbonyl (C=O) groups is 1. The lowest BCUT2D eigenvalue weighted by atomic mass is 9.91. The molecule has 4 heteroatoms. The van der Waals surface area contributed by atoms with Crippen molar-refractivity contribution in [1.82, 2.24) is 5.32 Å². The van der Waals surface area contributed by atoms with Gasteiger partial charge in [-0.05, 0) is 18.8 Å². The highest BCUT2D eigenvalue weighted by molar-refractivity contribution is 5.85. The molecule has 0 aromatic rings. The largest absolute Gasteiger partial charge is 0.356 e. The Kier molecular flexibility index (Phi) is 9.56. The molecular formula is C13H27ClN2O. The van der Waals surface area contributed by atoms with Crippen molar-refractivity contribution in [3.05, 3.63) is 0 Å². The van der Waals surface area contributed by atoms with Gasteiger partial charge >= 0.3 is 0 Å². The van der Waals surface area contributed by atoms with E-state index in [9.17, 15) is 4.79 Å². The Bertz CT molecular complexity index is 204. The molecule has 1 fully saturated rings. The van der Waals surface area contributed by atoms with E-state index in [0.717, 1.165) is 6.54 Å². The minimum atomic E-state index is -0.0476. The second-order valence-electron chi connectivity index (χ2n) is 5.09. The molecule has 1 aliphatic carbocycles. The zero-order valence-corrected chi connectivity index (χ0v) is 11.7. The molecule has 0 aromatic heterocycles. The van der Waals surface area contributed by atoms with Crippen LogP contribution in [-0.2, 0) is 4.79 Å². The molecule has 1 atom stereocenters. The quantitative estimate of drug-likeness (QED) is 0.818. The minimum Gasteiger partial charge on any atom is -0.356 e. The van der Waals surface area contributed by atoms with E-state index >= 15 is 0 Å². The van der Waals surface area contributed by atoms with E-state index in [2.05, 4.69) is 5.32 Å². The van der Waals surface area contributed by atoms with Gasteiger partial charge in [0.2, 0.25) is 5.91 Å². The third kappa shape index (κ3) is 6.89. The predicted octanol–water partition coefficient (Wildman–Crippen LogP) is 2.48. The zero-order valence-electron chi connectivity index (χ0n) is 10.9. The molecule has 3 nitrogen and oxygen atoms in total. The average molecular weight is 263 g/mol. The molecule has 1 saturated carbocycles. The van der Waals surface area contributed by atoms with Crippen LogP contribution in [0, 0.1) is 11.8 Å². The van der Waals surface area contributed by atoms with Gasteiger partial charge in [-0.15, -0.1) is 12.4 Å². The molecule has 0 aromatic carbocycles. The molecule has 1 amide bonds. The Hall–Kier alpha value is -0.280. The van der Waals surface area contributed by atoms with Gasteiger partial charge in [-0.25, -0.2) is 0 Å². The Morgan fingerprint density at radius 3 is 2.29 bits per heavy atom. The molecule has 17 heavy (non-hydrogen) atoms. The summed E-state index contributed by atoms with van der Waals surface area (Å²) < 4.78 is 0. The highest BCUT2D eigenvalue weighted by Gasteiger charge is 2.15. The Morgan fingerprint density at radius 1 is 1.24 bits per heavy atom. The van der Waals surface area contributed by atoms with E-state index in [-0.39, 0.29) is 24.2 Å². The van der Waals surface area contributed by atoms with E-state index < -0.39 is 0 Å². The first-order chi connectivity index (χ1) is 7.74. The van der Waals surface area contributed by atoms with Gasteiger partial charge in [0.25, 0.3) is 0 Å². The maximum Gasteiger partial charge on any atom is 0.224 e. The van der Waals surface area contributed by atoms with Crippen LogP contribution in [0.1, 0.15) is 51.9 Å². The smallest absolute Gasteiger partial charge is 0.224 e. The summed E-state index contributed by atoms with van der Waals surface area (Å²) >= 11 is 0. The average Bonchev–Trinajstić information content (AvgIpc) is 2.26. The second-order valence-corrected chi connectivity index (χ2v) is 5.09. The molecule has 102 valence electrons. The van der Waals surface area contributed by atoms with Crippen LogP contribution >= 0.6 is 12.4 Å². The number of amides is 1. The van der Waals surface area contributed by atoms with Gasteiger partial charge in [0.1, 0.15) is 0 Å². The Balaban J connectivity index is 0.00000256. The van der Waals surface area contributed by atoms with Gasteiger partial charge < -0.3 is 11.1 Å². The normalized spacial score (nSPS) is 19.6. The van der Waals surface area contributed by atoms with Crippen molar-refractivity contribution in [3.63, 3.8) is 0 Å². The molecule has 0 spiro atoms. The predicted molar refractivity (Wildman–Crippen MR) is 74.3 cm³/mol. The first kappa shape index (κ1) is 16.7. The number of rotatable bonds is 4. The maximum atomic E-state index is 11.6. The lowest BCUT2D eigenvalue weighted by Crippen LogP contribution is -2.36. The second kappa shape index (κ2) is 9.72. The van der Waals surface area contributed by atoms with Crippen LogP contribution in [0.2, 0.25) is 0 Å². The first-order valence-electron chi connectivity index (χ1n) is 6.71. The lowest BCUT2D eigenvalue weighted by Gasteiger charge is -2.20. The summed E-state index contributed by atoms with van der Waals surface area (Å²) in [6.45, 7) is 3.17. The summed E-state index contributed by atoms with van der Waals surface area (Å²) in [6.07, 6.45) is 9.32. The van der Waals surface area contributed by atoms with Crippen molar-refractivity contribution >= 4 is 18.3 Å². The van der Waals surface area contributed by atoms with E-state index in [0.29, 0.717) is 12.5 Å². The number of nitrogens with one attached hydrogen (secondary N) is 1. The fraction of sp³-hybridized carbons (Fsp3) is 0.923. The highest BCUT2D eigenvalue weighted by atomic mass is 35.5. The molecule has 0 radical (unpaired) electrons. The van der Waals surface area contributed by atoms with Crippen molar-refractivity contribution in [2.45, 2.75) is 51.9 Å². The van der Waals surface area contributed by atoms with E-state index in [4.69, 9.17) is 5.73 Å². The number of halogens is 1. The number of hydrogen-bond acceptors (Lipinski definition) is 2. The standard InChI is InChI=1S/C13H26N2O.ClH/c1-11(9-14)13(16)15-10-12-7-5-3-2-4-6-8-12;/h11-12H,2-10,14H2,1H3,(H,15,16);1H. The Labute approximate surface area is 111 Å². The molecular weight excluding hydrogens is 236 g/mol. The van der Waals surface area contributed by atoms with Gasteiger partial charge in [-0.1, -0.05) is 39.0 Å². The number of nitrogens with two attached hydrogens (primary N) is 1. The minimum absolute atomic E-state index is 0. The van der Waals surface area contributed by atoms with Gasteiger partial charge in [0.05, 0.1) is 0 Å². The highest BCUT2D eigenvalue weighted by Crippen LogP contribution is 2.21. The third-order valence-corrected chi connectivity index (χ3v) is 3.59.